The summed E-state index contributed by atoms with van der Waals surface area (Å²) >= 11 is 0. The normalized spacial score (nSPS) is 12.4. The third kappa shape index (κ3) is 2.84. The Kier molecular flexibility index (Phi) is 2.88. The SMILES string of the molecule is CC(C)(C)N=Cc1cc2ccccc2cc1O. The number of hydrogen-bond donors (Lipinski definition) is 1. The van der Waals surface area contributed by atoms with Crippen molar-refractivity contribution in [3.63, 3.8) is 0 Å². The number of nitrogens with zero attached hydrogens (tertiary/aromatic N) is 1. The molecule has 0 unspecified atom stereocenters. The predicted octanol–water partition coefficient (Wildman–Crippen LogP) is 3.76. The van der Waals surface area contributed by atoms with Crippen LogP contribution >= 0.6 is 0 Å². The summed E-state index contributed by atoms with van der Waals surface area (Å²) in [5.74, 6) is 0.275. The first-order valence-electron chi connectivity index (χ1n) is 5.73. The summed E-state index contributed by atoms with van der Waals surface area (Å²) in [6.07, 6.45) is 1.74. The summed E-state index contributed by atoms with van der Waals surface area (Å²) in [7, 11) is 0. The number of aromatic hydroxyl groups is 1. The number of aliphatic imine (C=N–C) groups is 1. The van der Waals surface area contributed by atoms with E-state index in [1.165, 1.54) is 0 Å². The first-order chi connectivity index (χ1) is 7.96. The zero-order chi connectivity index (χ0) is 12.5. The Morgan fingerprint density at radius 3 is 2.24 bits per heavy atom. The Balaban J connectivity index is 2.48. The van der Waals surface area contributed by atoms with Gasteiger partial charge in [-0.15, -0.1) is 0 Å². The molecule has 0 aliphatic heterocycles. The number of fused-ring (bicyclic) bond motifs is 1. The topological polar surface area (TPSA) is 32.6 Å². The van der Waals surface area contributed by atoms with Crippen LogP contribution < -0.4 is 0 Å². The van der Waals surface area contributed by atoms with Crippen LogP contribution in [0.3, 0.4) is 0 Å². The molecule has 0 saturated heterocycles. The van der Waals surface area contributed by atoms with Crippen molar-refractivity contribution in [2.45, 2.75) is 26.3 Å². The molecule has 0 aromatic heterocycles. The molecule has 2 aromatic carbocycles. The predicted molar refractivity (Wildman–Crippen MR) is 73.0 cm³/mol. The minimum atomic E-state index is -0.127. The lowest BCUT2D eigenvalue weighted by Gasteiger charge is -2.11. The van der Waals surface area contributed by atoms with Crippen molar-refractivity contribution in [2.24, 2.45) is 4.99 Å². The Morgan fingerprint density at radius 1 is 1.06 bits per heavy atom. The lowest BCUT2D eigenvalue weighted by molar-refractivity contribution is 0.475. The Labute approximate surface area is 102 Å². The van der Waals surface area contributed by atoms with Crippen LogP contribution in [0.15, 0.2) is 41.4 Å². The third-order valence-corrected chi connectivity index (χ3v) is 2.49. The van der Waals surface area contributed by atoms with Crippen LogP contribution in [0.2, 0.25) is 0 Å². The van der Waals surface area contributed by atoms with Gasteiger partial charge in [0, 0.05) is 11.8 Å². The van der Waals surface area contributed by atoms with Crippen LogP contribution in [-0.4, -0.2) is 16.9 Å². The minimum Gasteiger partial charge on any atom is -0.507 e. The van der Waals surface area contributed by atoms with Gasteiger partial charge in [-0.1, -0.05) is 24.3 Å². The lowest BCUT2D eigenvalue weighted by atomic mass is 10.1. The molecule has 2 heteroatoms. The van der Waals surface area contributed by atoms with Gasteiger partial charge in [0.05, 0.1) is 5.54 Å². The zero-order valence-electron chi connectivity index (χ0n) is 10.4. The van der Waals surface area contributed by atoms with Gasteiger partial charge in [-0.3, -0.25) is 4.99 Å². The van der Waals surface area contributed by atoms with Gasteiger partial charge in [0.1, 0.15) is 5.75 Å². The molecular weight excluding hydrogens is 210 g/mol. The molecule has 1 N–H and O–H groups in total. The number of benzene rings is 2. The highest BCUT2D eigenvalue weighted by Crippen LogP contribution is 2.24. The largest absolute Gasteiger partial charge is 0.507 e. The Morgan fingerprint density at radius 2 is 1.65 bits per heavy atom. The smallest absolute Gasteiger partial charge is 0.124 e. The molecule has 2 nitrogen and oxygen atoms in total. The quantitative estimate of drug-likeness (QED) is 0.739. The van der Waals surface area contributed by atoms with E-state index in [-0.39, 0.29) is 11.3 Å². The van der Waals surface area contributed by atoms with Crippen molar-refractivity contribution in [1.29, 1.82) is 0 Å². The highest BCUT2D eigenvalue weighted by atomic mass is 16.3. The second-order valence-electron chi connectivity index (χ2n) is 5.19. The molecule has 0 amide bonds. The summed E-state index contributed by atoms with van der Waals surface area (Å²) < 4.78 is 0. The van der Waals surface area contributed by atoms with E-state index in [0.29, 0.717) is 0 Å². The molecule has 0 fully saturated rings. The number of hydrogen-bond acceptors (Lipinski definition) is 2. The van der Waals surface area contributed by atoms with Crippen molar-refractivity contribution in [2.75, 3.05) is 0 Å². The van der Waals surface area contributed by atoms with Crippen LogP contribution in [0.5, 0.6) is 5.75 Å². The highest BCUT2D eigenvalue weighted by molar-refractivity contribution is 5.93. The van der Waals surface area contributed by atoms with E-state index >= 15 is 0 Å². The Bertz CT molecular complexity index is 565. The van der Waals surface area contributed by atoms with Crippen molar-refractivity contribution in [3.8, 4) is 5.75 Å². The number of rotatable bonds is 1. The van der Waals surface area contributed by atoms with Gasteiger partial charge in [0.2, 0.25) is 0 Å². The van der Waals surface area contributed by atoms with Crippen LogP contribution in [0.1, 0.15) is 26.3 Å². The fourth-order valence-electron chi connectivity index (χ4n) is 1.61. The molecule has 0 aliphatic rings. The van der Waals surface area contributed by atoms with E-state index in [1.54, 1.807) is 12.3 Å². The molecule has 0 atom stereocenters. The van der Waals surface area contributed by atoms with Gasteiger partial charge in [-0.25, -0.2) is 0 Å². The fraction of sp³-hybridized carbons (Fsp3) is 0.267. The molecule has 17 heavy (non-hydrogen) atoms. The number of phenolic OH excluding ortho intramolecular Hbond substituents is 1. The van der Waals surface area contributed by atoms with E-state index in [2.05, 4.69) is 4.99 Å². The summed E-state index contributed by atoms with van der Waals surface area (Å²) in [6, 6.07) is 11.7. The van der Waals surface area contributed by atoms with Gasteiger partial charge < -0.3 is 5.11 Å². The summed E-state index contributed by atoms with van der Waals surface area (Å²) in [4.78, 5) is 4.41. The molecule has 0 spiro atoms. The molecule has 0 bridgehead atoms. The second kappa shape index (κ2) is 4.21. The minimum absolute atomic E-state index is 0.127. The average molecular weight is 227 g/mol. The molecule has 0 radical (unpaired) electrons. The fourth-order valence-corrected chi connectivity index (χ4v) is 1.61. The maximum absolute atomic E-state index is 9.91. The van der Waals surface area contributed by atoms with Crippen molar-refractivity contribution < 1.29 is 5.11 Å². The first kappa shape index (κ1) is 11.6. The average Bonchev–Trinajstić information content (AvgIpc) is 2.25. The summed E-state index contributed by atoms with van der Waals surface area (Å²) in [6.45, 7) is 6.09. The lowest BCUT2D eigenvalue weighted by Crippen LogP contribution is -2.09. The first-order valence-corrected chi connectivity index (χ1v) is 5.73. The van der Waals surface area contributed by atoms with E-state index in [4.69, 9.17) is 0 Å². The van der Waals surface area contributed by atoms with Gasteiger partial charge in [-0.2, -0.15) is 0 Å². The molecule has 0 heterocycles. The second-order valence-corrected chi connectivity index (χ2v) is 5.19. The van der Waals surface area contributed by atoms with Gasteiger partial charge in [-0.05, 0) is 43.7 Å². The van der Waals surface area contributed by atoms with Crippen molar-refractivity contribution in [1.82, 2.24) is 0 Å². The zero-order valence-corrected chi connectivity index (χ0v) is 10.4. The standard InChI is InChI=1S/C15H17NO/c1-15(2,3)16-10-13-8-11-6-4-5-7-12(11)9-14(13)17/h4-10,17H,1-3H3. The highest BCUT2D eigenvalue weighted by Gasteiger charge is 2.06. The molecule has 0 saturated carbocycles. The molecule has 88 valence electrons. The summed E-state index contributed by atoms with van der Waals surface area (Å²) in [5.41, 5.74) is 0.636. The van der Waals surface area contributed by atoms with Gasteiger partial charge in [0.15, 0.2) is 0 Å². The summed E-state index contributed by atoms with van der Waals surface area (Å²) in [5, 5.41) is 12.1. The molecule has 2 rings (SSSR count). The monoisotopic (exact) mass is 227 g/mol. The van der Waals surface area contributed by atoms with E-state index in [1.807, 2.05) is 51.1 Å². The molecule has 0 aliphatic carbocycles. The van der Waals surface area contributed by atoms with Crippen LogP contribution in [0.25, 0.3) is 10.8 Å². The third-order valence-electron chi connectivity index (χ3n) is 2.49. The van der Waals surface area contributed by atoms with E-state index < -0.39 is 0 Å². The number of phenols is 1. The van der Waals surface area contributed by atoms with Crippen LogP contribution in [-0.2, 0) is 0 Å². The van der Waals surface area contributed by atoms with Crippen molar-refractivity contribution >= 4 is 17.0 Å². The van der Waals surface area contributed by atoms with Crippen LogP contribution in [0, 0.1) is 0 Å². The van der Waals surface area contributed by atoms with Crippen LogP contribution in [0.4, 0.5) is 0 Å². The maximum atomic E-state index is 9.91. The molecule has 2 aromatic rings. The Hall–Kier alpha value is -1.83. The van der Waals surface area contributed by atoms with E-state index in [9.17, 15) is 5.11 Å². The van der Waals surface area contributed by atoms with E-state index in [0.717, 1.165) is 16.3 Å². The maximum Gasteiger partial charge on any atom is 0.124 e. The van der Waals surface area contributed by atoms with Gasteiger partial charge in [0.25, 0.3) is 0 Å². The van der Waals surface area contributed by atoms with Crippen molar-refractivity contribution in [3.05, 3.63) is 42.0 Å². The van der Waals surface area contributed by atoms with Gasteiger partial charge >= 0.3 is 0 Å². The molecular formula is C15H17NO.